The smallest absolute Gasteiger partial charge is 0.236 e. The summed E-state index contributed by atoms with van der Waals surface area (Å²) in [6.45, 7) is 2.78. The first-order valence-electron chi connectivity index (χ1n) is 6.09. The second-order valence-electron chi connectivity index (χ2n) is 4.34. The van der Waals surface area contributed by atoms with Gasteiger partial charge < -0.3 is 10.2 Å². The molecule has 1 N–H and O–H groups in total. The zero-order chi connectivity index (χ0) is 12.1. The van der Waals surface area contributed by atoms with Gasteiger partial charge in [-0.15, -0.1) is 0 Å². The minimum absolute atomic E-state index is 0.187. The number of carbonyl (C=O) groups is 1. The molecule has 0 unspecified atom stereocenters. The summed E-state index contributed by atoms with van der Waals surface area (Å²) in [5.74, 6) is 1.03. The van der Waals surface area contributed by atoms with E-state index in [4.69, 9.17) is 0 Å². The maximum absolute atomic E-state index is 11.8. The normalized spacial score (nSPS) is 16.2. The number of rotatable bonds is 4. The number of aromatic nitrogens is 3. The summed E-state index contributed by atoms with van der Waals surface area (Å²) in [5.41, 5.74) is 0. The highest BCUT2D eigenvalue weighted by Gasteiger charge is 2.15. The van der Waals surface area contributed by atoms with Crippen LogP contribution in [-0.4, -0.2) is 45.2 Å². The molecule has 0 saturated carbocycles. The van der Waals surface area contributed by atoms with Crippen LogP contribution in [0.4, 0.5) is 0 Å². The predicted octanol–water partition coefficient (Wildman–Crippen LogP) is -0.0828. The van der Waals surface area contributed by atoms with Gasteiger partial charge in [0.15, 0.2) is 0 Å². The van der Waals surface area contributed by atoms with E-state index in [9.17, 15) is 4.79 Å². The van der Waals surface area contributed by atoms with Crippen LogP contribution < -0.4 is 5.32 Å². The predicted molar refractivity (Wildman–Crippen MR) is 63.1 cm³/mol. The lowest BCUT2D eigenvalue weighted by molar-refractivity contribution is -0.131. The molecular formula is C11H19N5O. The maximum atomic E-state index is 11.8. The first-order valence-corrected chi connectivity index (χ1v) is 6.09. The lowest BCUT2D eigenvalue weighted by Crippen LogP contribution is -2.41. The Hall–Kier alpha value is -1.43. The molecule has 1 saturated heterocycles. The topological polar surface area (TPSA) is 63.1 Å². The fraction of sp³-hybridized carbons (Fsp3) is 0.727. The Morgan fingerprint density at radius 1 is 1.41 bits per heavy atom. The molecule has 2 heterocycles. The van der Waals surface area contributed by atoms with Gasteiger partial charge in [0.25, 0.3) is 0 Å². The number of aryl methyl sites for hydroxylation is 1. The molecule has 0 radical (unpaired) electrons. The second-order valence-corrected chi connectivity index (χ2v) is 4.34. The number of hydrogen-bond donors (Lipinski definition) is 1. The van der Waals surface area contributed by atoms with E-state index in [2.05, 4.69) is 15.4 Å². The third-order valence-corrected chi connectivity index (χ3v) is 3.07. The highest BCUT2D eigenvalue weighted by molar-refractivity contribution is 5.78. The highest BCUT2D eigenvalue weighted by atomic mass is 16.2. The van der Waals surface area contributed by atoms with E-state index in [0.717, 1.165) is 31.8 Å². The minimum atomic E-state index is 0.187. The van der Waals surface area contributed by atoms with Crippen LogP contribution in [-0.2, 0) is 18.4 Å². The van der Waals surface area contributed by atoms with Gasteiger partial charge in [-0.1, -0.05) is 0 Å². The molecule has 0 bridgehead atoms. The Morgan fingerprint density at radius 3 is 2.82 bits per heavy atom. The van der Waals surface area contributed by atoms with Crippen molar-refractivity contribution in [1.29, 1.82) is 0 Å². The van der Waals surface area contributed by atoms with Crippen LogP contribution in [0, 0.1) is 0 Å². The minimum Gasteiger partial charge on any atom is -0.342 e. The summed E-state index contributed by atoms with van der Waals surface area (Å²) in [7, 11) is 1.84. The SMILES string of the molecule is Cn1ncnc1CNCC(=O)N1CCCCC1. The molecule has 94 valence electrons. The fourth-order valence-corrected chi connectivity index (χ4v) is 2.02. The van der Waals surface area contributed by atoms with Crippen molar-refractivity contribution in [2.24, 2.45) is 7.05 Å². The molecule has 1 aliphatic heterocycles. The van der Waals surface area contributed by atoms with E-state index in [1.165, 1.54) is 12.7 Å². The van der Waals surface area contributed by atoms with Crippen molar-refractivity contribution in [3.63, 3.8) is 0 Å². The van der Waals surface area contributed by atoms with Gasteiger partial charge in [-0.3, -0.25) is 9.48 Å². The fourth-order valence-electron chi connectivity index (χ4n) is 2.02. The van der Waals surface area contributed by atoms with Gasteiger partial charge in [0, 0.05) is 20.1 Å². The molecule has 1 aliphatic rings. The van der Waals surface area contributed by atoms with E-state index >= 15 is 0 Å². The molecule has 17 heavy (non-hydrogen) atoms. The molecule has 1 aromatic heterocycles. The van der Waals surface area contributed by atoms with Gasteiger partial charge in [0.2, 0.25) is 5.91 Å². The van der Waals surface area contributed by atoms with E-state index in [-0.39, 0.29) is 5.91 Å². The lowest BCUT2D eigenvalue weighted by Gasteiger charge is -2.26. The first kappa shape index (κ1) is 12.0. The summed E-state index contributed by atoms with van der Waals surface area (Å²) >= 11 is 0. The van der Waals surface area contributed by atoms with Crippen LogP contribution in [0.15, 0.2) is 6.33 Å². The number of carbonyl (C=O) groups excluding carboxylic acids is 1. The van der Waals surface area contributed by atoms with Gasteiger partial charge in [-0.25, -0.2) is 4.98 Å². The summed E-state index contributed by atoms with van der Waals surface area (Å²) in [5, 5.41) is 7.09. The molecule has 2 rings (SSSR count). The van der Waals surface area contributed by atoms with Crippen molar-refractivity contribution < 1.29 is 4.79 Å². The first-order chi connectivity index (χ1) is 8.27. The Kier molecular flexibility index (Phi) is 4.08. The number of piperidine rings is 1. The van der Waals surface area contributed by atoms with Gasteiger partial charge in [-0.05, 0) is 19.3 Å². The van der Waals surface area contributed by atoms with Crippen molar-refractivity contribution in [1.82, 2.24) is 25.0 Å². The Balaban J connectivity index is 1.71. The van der Waals surface area contributed by atoms with Crippen LogP contribution in [0.5, 0.6) is 0 Å². The molecular weight excluding hydrogens is 218 g/mol. The molecule has 0 aliphatic carbocycles. The molecule has 0 spiro atoms. The molecule has 1 fully saturated rings. The zero-order valence-corrected chi connectivity index (χ0v) is 10.2. The summed E-state index contributed by atoms with van der Waals surface area (Å²) in [6, 6.07) is 0. The van der Waals surface area contributed by atoms with Crippen molar-refractivity contribution in [3.05, 3.63) is 12.2 Å². The summed E-state index contributed by atoms with van der Waals surface area (Å²) < 4.78 is 1.71. The van der Waals surface area contributed by atoms with Gasteiger partial charge in [0.1, 0.15) is 12.2 Å². The third-order valence-electron chi connectivity index (χ3n) is 3.07. The number of nitrogens with one attached hydrogen (secondary N) is 1. The van der Waals surface area contributed by atoms with Crippen LogP contribution in [0.1, 0.15) is 25.1 Å². The quantitative estimate of drug-likeness (QED) is 0.795. The van der Waals surface area contributed by atoms with Crippen molar-refractivity contribution >= 4 is 5.91 Å². The van der Waals surface area contributed by atoms with Crippen LogP contribution in [0.2, 0.25) is 0 Å². The number of hydrogen-bond acceptors (Lipinski definition) is 4. The average molecular weight is 237 g/mol. The monoisotopic (exact) mass is 237 g/mol. The van der Waals surface area contributed by atoms with Crippen LogP contribution >= 0.6 is 0 Å². The largest absolute Gasteiger partial charge is 0.342 e. The Bertz CT molecular complexity index is 370. The van der Waals surface area contributed by atoms with Gasteiger partial charge in [-0.2, -0.15) is 5.10 Å². The number of amides is 1. The summed E-state index contributed by atoms with van der Waals surface area (Å²) in [4.78, 5) is 17.9. The van der Waals surface area contributed by atoms with Crippen molar-refractivity contribution in [3.8, 4) is 0 Å². The van der Waals surface area contributed by atoms with Crippen LogP contribution in [0.3, 0.4) is 0 Å². The molecule has 1 aromatic rings. The summed E-state index contributed by atoms with van der Waals surface area (Å²) in [6.07, 6.45) is 5.03. The van der Waals surface area contributed by atoms with E-state index in [0.29, 0.717) is 13.1 Å². The Morgan fingerprint density at radius 2 is 2.18 bits per heavy atom. The lowest BCUT2D eigenvalue weighted by atomic mass is 10.1. The Labute approximate surface area is 101 Å². The van der Waals surface area contributed by atoms with E-state index < -0.39 is 0 Å². The third kappa shape index (κ3) is 3.26. The van der Waals surface area contributed by atoms with E-state index in [1.54, 1.807) is 4.68 Å². The molecule has 0 atom stereocenters. The van der Waals surface area contributed by atoms with Gasteiger partial charge in [0.05, 0.1) is 13.1 Å². The standard InChI is InChI=1S/C11H19N5O/c1-15-10(13-9-14-15)7-12-8-11(17)16-5-3-2-4-6-16/h9,12H,2-8H2,1H3. The van der Waals surface area contributed by atoms with Crippen LogP contribution in [0.25, 0.3) is 0 Å². The highest BCUT2D eigenvalue weighted by Crippen LogP contribution is 2.08. The van der Waals surface area contributed by atoms with Crippen molar-refractivity contribution in [2.45, 2.75) is 25.8 Å². The molecule has 1 amide bonds. The number of likely N-dealkylation sites (tertiary alicyclic amines) is 1. The second kappa shape index (κ2) is 5.77. The van der Waals surface area contributed by atoms with E-state index in [1.807, 2.05) is 11.9 Å². The molecule has 6 nitrogen and oxygen atoms in total. The van der Waals surface area contributed by atoms with Gasteiger partial charge >= 0.3 is 0 Å². The molecule has 6 heteroatoms. The molecule has 0 aromatic carbocycles. The zero-order valence-electron chi connectivity index (χ0n) is 10.2. The van der Waals surface area contributed by atoms with Crippen molar-refractivity contribution in [2.75, 3.05) is 19.6 Å². The maximum Gasteiger partial charge on any atom is 0.236 e. The average Bonchev–Trinajstić information content (AvgIpc) is 2.76. The number of nitrogens with zero attached hydrogens (tertiary/aromatic N) is 4.